The van der Waals surface area contributed by atoms with E-state index in [9.17, 15) is 0 Å². The molecule has 20 heavy (non-hydrogen) atoms. The lowest BCUT2D eigenvalue weighted by atomic mass is 10.1. The molecular weight excluding hydrogens is 266 g/mol. The number of thiocarbonyl (C=S) groups is 1. The van der Waals surface area contributed by atoms with Gasteiger partial charge in [-0.25, -0.2) is 0 Å². The minimum Gasteiger partial charge on any atom is -0.392 e. The number of nitrogens with zero attached hydrogens (tertiary/aromatic N) is 2. The molecule has 1 heterocycles. The van der Waals surface area contributed by atoms with Crippen LogP contribution in [0.1, 0.15) is 18.9 Å². The molecule has 1 atom stereocenters. The molecule has 2 N–H and O–H groups in total. The fourth-order valence-corrected chi connectivity index (χ4v) is 2.85. The summed E-state index contributed by atoms with van der Waals surface area (Å²) in [7, 11) is 0. The van der Waals surface area contributed by atoms with Gasteiger partial charge in [-0.05, 0) is 31.9 Å². The number of nitrogens with two attached hydrogens (primary N) is 1. The summed E-state index contributed by atoms with van der Waals surface area (Å²) in [5.74, 6) is 0. The van der Waals surface area contributed by atoms with Crippen molar-refractivity contribution in [1.82, 2.24) is 9.80 Å². The van der Waals surface area contributed by atoms with Crippen molar-refractivity contribution in [3.63, 3.8) is 0 Å². The van der Waals surface area contributed by atoms with Crippen LogP contribution in [-0.4, -0.2) is 53.6 Å². The zero-order valence-electron chi connectivity index (χ0n) is 12.3. The highest BCUT2D eigenvalue weighted by Gasteiger charge is 2.21. The Morgan fingerprint density at radius 2 is 1.85 bits per heavy atom. The minimum absolute atomic E-state index is 0.233. The molecule has 3 nitrogen and oxygen atoms in total. The van der Waals surface area contributed by atoms with Gasteiger partial charge in [0.25, 0.3) is 0 Å². The fourth-order valence-electron chi connectivity index (χ4n) is 2.71. The molecule has 0 radical (unpaired) electrons. The van der Waals surface area contributed by atoms with E-state index in [0.29, 0.717) is 4.99 Å². The average molecular weight is 291 g/mol. The Labute approximate surface area is 127 Å². The van der Waals surface area contributed by atoms with E-state index in [1.807, 2.05) is 0 Å². The summed E-state index contributed by atoms with van der Waals surface area (Å²) < 4.78 is 0. The first-order chi connectivity index (χ1) is 9.66. The monoisotopic (exact) mass is 291 g/mol. The summed E-state index contributed by atoms with van der Waals surface area (Å²) in [6, 6.07) is 11.0. The van der Waals surface area contributed by atoms with Crippen molar-refractivity contribution in [2.75, 3.05) is 32.7 Å². The summed E-state index contributed by atoms with van der Waals surface area (Å²) >= 11 is 5.08. The molecule has 0 aliphatic carbocycles. The summed E-state index contributed by atoms with van der Waals surface area (Å²) in [5, 5.41) is 0. The molecule has 0 saturated carbocycles. The summed E-state index contributed by atoms with van der Waals surface area (Å²) in [6.45, 7) is 7.69. The maximum atomic E-state index is 5.72. The zero-order valence-corrected chi connectivity index (χ0v) is 13.1. The molecule has 1 aromatic carbocycles. The summed E-state index contributed by atoms with van der Waals surface area (Å²) in [4.78, 5) is 5.55. The third-order valence-electron chi connectivity index (χ3n) is 4.15. The maximum absolute atomic E-state index is 5.72. The molecule has 0 spiro atoms. The lowest BCUT2D eigenvalue weighted by Crippen LogP contribution is -2.52. The van der Waals surface area contributed by atoms with Crippen molar-refractivity contribution < 1.29 is 0 Å². The Morgan fingerprint density at radius 3 is 2.45 bits per heavy atom. The zero-order chi connectivity index (χ0) is 14.4. The molecule has 0 amide bonds. The van der Waals surface area contributed by atoms with Crippen LogP contribution in [0.2, 0.25) is 0 Å². The second-order valence-corrected chi connectivity index (χ2v) is 6.02. The highest BCUT2D eigenvalue weighted by molar-refractivity contribution is 7.80. The third kappa shape index (κ3) is 4.54. The van der Waals surface area contributed by atoms with Gasteiger partial charge < -0.3 is 10.6 Å². The van der Waals surface area contributed by atoms with Gasteiger partial charge in [-0.2, -0.15) is 0 Å². The van der Waals surface area contributed by atoms with Crippen LogP contribution < -0.4 is 5.73 Å². The van der Waals surface area contributed by atoms with Crippen molar-refractivity contribution in [3.05, 3.63) is 35.9 Å². The van der Waals surface area contributed by atoms with Gasteiger partial charge in [-0.1, -0.05) is 42.5 Å². The van der Waals surface area contributed by atoms with E-state index in [1.54, 1.807) is 0 Å². The molecule has 1 aromatic rings. The van der Waals surface area contributed by atoms with E-state index < -0.39 is 0 Å². The quantitative estimate of drug-likeness (QED) is 0.812. The largest absolute Gasteiger partial charge is 0.392 e. The van der Waals surface area contributed by atoms with Crippen molar-refractivity contribution in [2.24, 2.45) is 5.73 Å². The van der Waals surface area contributed by atoms with Gasteiger partial charge in [0.2, 0.25) is 0 Å². The van der Waals surface area contributed by atoms with Crippen molar-refractivity contribution in [2.45, 2.75) is 25.8 Å². The van der Waals surface area contributed by atoms with Gasteiger partial charge in [-0.3, -0.25) is 4.90 Å². The van der Waals surface area contributed by atoms with E-state index in [2.05, 4.69) is 47.1 Å². The van der Waals surface area contributed by atoms with Gasteiger partial charge in [0.15, 0.2) is 0 Å². The second kappa shape index (κ2) is 7.72. The van der Waals surface area contributed by atoms with Gasteiger partial charge in [0.05, 0.1) is 11.0 Å². The van der Waals surface area contributed by atoms with Crippen LogP contribution in [0, 0.1) is 0 Å². The first-order valence-corrected chi connectivity index (χ1v) is 7.87. The van der Waals surface area contributed by atoms with Crippen LogP contribution in [0.4, 0.5) is 0 Å². The molecule has 4 heteroatoms. The number of benzene rings is 1. The lowest BCUT2D eigenvalue weighted by Gasteiger charge is -2.37. The molecule has 0 aromatic heterocycles. The first-order valence-electron chi connectivity index (χ1n) is 7.46. The number of rotatable bonds is 6. The molecule has 1 fully saturated rings. The fraction of sp³-hybridized carbons (Fsp3) is 0.562. The van der Waals surface area contributed by atoms with Crippen LogP contribution in [-0.2, 0) is 6.42 Å². The highest BCUT2D eigenvalue weighted by Crippen LogP contribution is 2.09. The third-order valence-corrected chi connectivity index (χ3v) is 4.49. The molecular formula is C16H25N3S. The van der Waals surface area contributed by atoms with Gasteiger partial charge in [-0.15, -0.1) is 0 Å². The smallest absolute Gasteiger partial charge is 0.0899 e. The average Bonchev–Trinajstić information content (AvgIpc) is 2.48. The molecule has 1 aliphatic heterocycles. The molecule has 1 unspecified atom stereocenters. The number of hydrogen-bond donors (Lipinski definition) is 1. The van der Waals surface area contributed by atoms with E-state index in [4.69, 9.17) is 18.0 Å². The van der Waals surface area contributed by atoms with Crippen LogP contribution in [0.25, 0.3) is 0 Å². The topological polar surface area (TPSA) is 32.5 Å². The molecule has 0 bridgehead atoms. The van der Waals surface area contributed by atoms with Gasteiger partial charge >= 0.3 is 0 Å². The predicted octanol–water partition coefficient (Wildman–Crippen LogP) is 1.91. The molecule has 110 valence electrons. The number of aryl methyl sites for hydroxylation is 1. The van der Waals surface area contributed by atoms with E-state index in [0.717, 1.165) is 26.2 Å². The lowest BCUT2D eigenvalue weighted by molar-refractivity contribution is 0.122. The SMILES string of the molecule is CC(C(N)=S)N1CCN(CCCc2ccccc2)CC1. The Bertz CT molecular complexity index is 413. The second-order valence-electron chi connectivity index (χ2n) is 5.55. The Morgan fingerprint density at radius 1 is 1.20 bits per heavy atom. The van der Waals surface area contributed by atoms with Crippen molar-refractivity contribution in [3.8, 4) is 0 Å². The predicted molar refractivity (Wildman–Crippen MR) is 89.0 cm³/mol. The van der Waals surface area contributed by atoms with Crippen LogP contribution >= 0.6 is 12.2 Å². The summed E-state index contributed by atoms with van der Waals surface area (Å²) in [6.07, 6.45) is 2.40. The summed E-state index contributed by atoms with van der Waals surface area (Å²) in [5.41, 5.74) is 7.16. The minimum atomic E-state index is 0.233. The van der Waals surface area contributed by atoms with Crippen LogP contribution in [0.5, 0.6) is 0 Å². The van der Waals surface area contributed by atoms with Gasteiger partial charge in [0, 0.05) is 26.2 Å². The standard InChI is InChI=1S/C16H25N3S/c1-14(16(17)20)19-12-10-18(11-13-19)9-5-8-15-6-3-2-4-7-15/h2-4,6-7,14H,5,8-13H2,1H3,(H2,17,20). The van der Waals surface area contributed by atoms with E-state index >= 15 is 0 Å². The van der Waals surface area contributed by atoms with Gasteiger partial charge in [0.1, 0.15) is 0 Å². The number of hydrogen-bond acceptors (Lipinski definition) is 3. The molecule has 1 aliphatic rings. The first kappa shape index (κ1) is 15.4. The Balaban J connectivity index is 1.66. The number of piperazine rings is 1. The van der Waals surface area contributed by atoms with Crippen LogP contribution in [0.15, 0.2) is 30.3 Å². The highest BCUT2D eigenvalue weighted by atomic mass is 32.1. The van der Waals surface area contributed by atoms with E-state index in [-0.39, 0.29) is 6.04 Å². The normalized spacial score (nSPS) is 18.9. The van der Waals surface area contributed by atoms with Crippen LogP contribution in [0.3, 0.4) is 0 Å². The molecule has 1 saturated heterocycles. The Hall–Kier alpha value is -0.970. The van der Waals surface area contributed by atoms with Crippen molar-refractivity contribution in [1.29, 1.82) is 0 Å². The van der Waals surface area contributed by atoms with Crippen molar-refractivity contribution >= 4 is 17.2 Å². The maximum Gasteiger partial charge on any atom is 0.0899 e. The van der Waals surface area contributed by atoms with E-state index in [1.165, 1.54) is 24.9 Å². The Kier molecular flexibility index (Phi) is 5.95. The molecule has 2 rings (SSSR count).